The Morgan fingerprint density at radius 2 is 1.85 bits per heavy atom. The van der Waals surface area contributed by atoms with Gasteiger partial charge in [-0.3, -0.25) is 0 Å². The molecule has 0 amide bonds. The van der Waals surface area contributed by atoms with E-state index in [1.54, 1.807) is 12.1 Å². The first-order valence-corrected chi connectivity index (χ1v) is 7.09. The standard InChI is InChI=1S/C16H16BrNO2/c1-10-7-11(2)15(14(17)8-10)18-9-12-3-5-13(6-4-12)16(19)20/h3-8,18H,9H2,1-2H3,(H,19,20). The molecule has 2 rings (SSSR count). The number of aromatic carboxylic acids is 1. The highest BCUT2D eigenvalue weighted by Gasteiger charge is 2.05. The fraction of sp³-hybridized carbons (Fsp3) is 0.188. The molecule has 4 heteroatoms. The molecule has 2 aromatic rings. The predicted molar refractivity (Wildman–Crippen MR) is 84.3 cm³/mol. The van der Waals surface area contributed by atoms with Gasteiger partial charge in [-0.2, -0.15) is 0 Å². The zero-order chi connectivity index (χ0) is 14.7. The molecule has 0 aliphatic rings. The van der Waals surface area contributed by atoms with E-state index < -0.39 is 5.97 Å². The van der Waals surface area contributed by atoms with Gasteiger partial charge in [0.15, 0.2) is 0 Å². The van der Waals surface area contributed by atoms with Crippen LogP contribution in [0, 0.1) is 13.8 Å². The molecule has 0 saturated heterocycles. The molecular formula is C16H16BrNO2. The van der Waals surface area contributed by atoms with Crippen molar-refractivity contribution in [3.05, 3.63) is 63.1 Å². The smallest absolute Gasteiger partial charge is 0.335 e. The van der Waals surface area contributed by atoms with Gasteiger partial charge in [0.25, 0.3) is 0 Å². The first kappa shape index (κ1) is 14.6. The third kappa shape index (κ3) is 3.39. The van der Waals surface area contributed by atoms with Crippen molar-refractivity contribution in [1.82, 2.24) is 0 Å². The van der Waals surface area contributed by atoms with E-state index in [4.69, 9.17) is 5.11 Å². The van der Waals surface area contributed by atoms with E-state index in [0.29, 0.717) is 12.1 Å². The number of carboxylic acid groups (broad SMARTS) is 1. The van der Waals surface area contributed by atoms with Crippen molar-refractivity contribution in [3.63, 3.8) is 0 Å². The maximum Gasteiger partial charge on any atom is 0.335 e. The molecule has 0 saturated carbocycles. The summed E-state index contributed by atoms with van der Waals surface area (Å²) in [4.78, 5) is 10.8. The van der Waals surface area contributed by atoms with Gasteiger partial charge in [0.2, 0.25) is 0 Å². The number of hydrogen-bond donors (Lipinski definition) is 2. The Morgan fingerprint density at radius 3 is 2.40 bits per heavy atom. The summed E-state index contributed by atoms with van der Waals surface area (Å²) in [5.41, 5.74) is 4.81. The van der Waals surface area contributed by atoms with Crippen LogP contribution in [0.15, 0.2) is 40.9 Å². The molecule has 0 fully saturated rings. The molecule has 0 aliphatic heterocycles. The minimum Gasteiger partial charge on any atom is -0.478 e. The van der Waals surface area contributed by atoms with Crippen LogP contribution in [-0.4, -0.2) is 11.1 Å². The van der Waals surface area contributed by atoms with Gasteiger partial charge < -0.3 is 10.4 Å². The fourth-order valence-electron chi connectivity index (χ4n) is 2.10. The van der Waals surface area contributed by atoms with Crippen LogP contribution in [0.25, 0.3) is 0 Å². The third-order valence-corrected chi connectivity index (χ3v) is 3.73. The molecule has 3 nitrogen and oxygen atoms in total. The van der Waals surface area contributed by atoms with Gasteiger partial charge in [0, 0.05) is 11.0 Å². The van der Waals surface area contributed by atoms with Crippen molar-refractivity contribution in [1.29, 1.82) is 0 Å². The lowest BCUT2D eigenvalue weighted by atomic mass is 10.1. The van der Waals surface area contributed by atoms with Crippen molar-refractivity contribution in [2.45, 2.75) is 20.4 Å². The number of nitrogens with one attached hydrogen (secondary N) is 1. The molecule has 20 heavy (non-hydrogen) atoms. The van der Waals surface area contributed by atoms with Gasteiger partial charge in [0.1, 0.15) is 0 Å². The number of anilines is 1. The van der Waals surface area contributed by atoms with Gasteiger partial charge in [-0.05, 0) is 64.7 Å². The van der Waals surface area contributed by atoms with Gasteiger partial charge in [-0.15, -0.1) is 0 Å². The number of carbonyl (C=O) groups is 1. The van der Waals surface area contributed by atoms with Gasteiger partial charge >= 0.3 is 5.97 Å². The summed E-state index contributed by atoms with van der Waals surface area (Å²) < 4.78 is 1.04. The quantitative estimate of drug-likeness (QED) is 0.873. The fourth-order valence-corrected chi connectivity index (χ4v) is 2.91. The summed E-state index contributed by atoms with van der Waals surface area (Å²) in [5.74, 6) is -0.901. The zero-order valence-electron chi connectivity index (χ0n) is 11.4. The average molecular weight is 334 g/mol. The number of carboxylic acids is 1. The molecule has 0 heterocycles. The summed E-state index contributed by atoms with van der Waals surface area (Å²) in [6, 6.07) is 11.1. The van der Waals surface area contributed by atoms with Crippen molar-refractivity contribution >= 4 is 27.6 Å². The molecule has 0 atom stereocenters. The molecule has 0 unspecified atom stereocenters. The van der Waals surface area contributed by atoms with E-state index in [0.717, 1.165) is 15.7 Å². The van der Waals surface area contributed by atoms with E-state index in [1.165, 1.54) is 11.1 Å². The van der Waals surface area contributed by atoms with Crippen molar-refractivity contribution in [2.24, 2.45) is 0 Å². The lowest BCUT2D eigenvalue weighted by Crippen LogP contribution is -2.03. The molecule has 0 spiro atoms. The Labute approximate surface area is 126 Å². The number of aryl methyl sites for hydroxylation is 2. The highest BCUT2D eigenvalue weighted by Crippen LogP contribution is 2.28. The van der Waals surface area contributed by atoms with Crippen molar-refractivity contribution in [3.8, 4) is 0 Å². The molecule has 104 valence electrons. The largest absolute Gasteiger partial charge is 0.478 e. The maximum absolute atomic E-state index is 10.8. The molecule has 2 N–H and O–H groups in total. The van der Waals surface area contributed by atoms with Crippen LogP contribution in [0.1, 0.15) is 27.0 Å². The highest BCUT2D eigenvalue weighted by molar-refractivity contribution is 9.10. The predicted octanol–water partition coefficient (Wildman–Crippen LogP) is 4.38. The van der Waals surface area contributed by atoms with Crippen LogP contribution in [-0.2, 0) is 6.54 Å². The first-order chi connectivity index (χ1) is 9.47. The molecule has 0 bridgehead atoms. The summed E-state index contributed by atoms with van der Waals surface area (Å²) in [6.07, 6.45) is 0. The summed E-state index contributed by atoms with van der Waals surface area (Å²) in [5, 5.41) is 12.2. The second kappa shape index (κ2) is 6.09. The Hall–Kier alpha value is -1.81. The highest BCUT2D eigenvalue weighted by atomic mass is 79.9. The van der Waals surface area contributed by atoms with E-state index in [-0.39, 0.29) is 0 Å². The number of hydrogen-bond acceptors (Lipinski definition) is 2. The van der Waals surface area contributed by atoms with Crippen LogP contribution in [0.5, 0.6) is 0 Å². The van der Waals surface area contributed by atoms with Gasteiger partial charge in [-0.25, -0.2) is 4.79 Å². The van der Waals surface area contributed by atoms with E-state index in [1.807, 2.05) is 12.1 Å². The monoisotopic (exact) mass is 333 g/mol. The summed E-state index contributed by atoms with van der Waals surface area (Å²) >= 11 is 3.56. The second-order valence-electron chi connectivity index (χ2n) is 4.79. The van der Waals surface area contributed by atoms with Crippen LogP contribution >= 0.6 is 15.9 Å². The Bertz CT molecular complexity index is 612. The Balaban J connectivity index is 2.11. The topological polar surface area (TPSA) is 49.3 Å². The average Bonchev–Trinajstić information content (AvgIpc) is 2.38. The van der Waals surface area contributed by atoms with Crippen LogP contribution in [0.4, 0.5) is 5.69 Å². The van der Waals surface area contributed by atoms with Gasteiger partial charge in [0.05, 0.1) is 11.3 Å². The Morgan fingerprint density at radius 1 is 1.20 bits per heavy atom. The maximum atomic E-state index is 10.8. The van der Waals surface area contributed by atoms with Crippen LogP contribution < -0.4 is 5.32 Å². The first-order valence-electron chi connectivity index (χ1n) is 6.30. The third-order valence-electron chi connectivity index (χ3n) is 3.10. The van der Waals surface area contributed by atoms with Crippen LogP contribution in [0.2, 0.25) is 0 Å². The summed E-state index contributed by atoms with van der Waals surface area (Å²) in [7, 11) is 0. The minimum absolute atomic E-state index is 0.307. The minimum atomic E-state index is -0.901. The molecule has 0 radical (unpaired) electrons. The Kier molecular flexibility index (Phi) is 4.45. The lowest BCUT2D eigenvalue weighted by molar-refractivity contribution is 0.0697. The van der Waals surface area contributed by atoms with Crippen LogP contribution in [0.3, 0.4) is 0 Å². The van der Waals surface area contributed by atoms with Crippen molar-refractivity contribution < 1.29 is 9.90 Å². The number of rotatable bonds is 4. The van der Waals surface area contributed by atoms with E-state index in [9.17, 15) is 4.79 Å². The van der Waals surface area contributed by atoms with E-state index >= 15 is 0 Å². The van der Waals surface area contributed by atoms with Crippen molar-refractivity contribution in [2.75, 3.05) is 5.32 Å². The SMILES string of the molecule is Cc1cc(C)c(NCc2ccc(C(=O)O)cc2)c(Br)c1. The molecule has 0 aliphatic carbocycles. The second-order valence-corrected chi connectivity index (χ2v) is 5.65. The normalized spacial score (nSPS) is 10.3. The molecular weight excluding hydrogens is 318 g/mol. The number of halogens is 1. The van der Waals surface area contributed by atoms with Gasteiger partial charge in [-0.1, -0.05) is 18.2 Å². The summed E-state index contributed by atoms with van der Waals surface area (Å²) in [6.45, 7) is 4.78. The lowest BCUT2D eigenvalue weighted by Gasteiger charge is -2.13. The molecule has 2 aromatic carbocycles. The zero-order valence-corrected chi connectivity index (χ0v) is 13.0. The number of benzene rings is 2. The molecule has 0 aromatic heterocycles. The van der Waals surface area contributed by atoms with E-state index in [2.05, 4.69) is 47.2 Å².